The largest absolute Gasteiger partial charge is 0.481 e. The minimum absolute atomic E-state index is 0. The van der Waals surface area contributed by atoms with E-state index in [9.17, 15) is 4.79 Å². The van der Waals surface area contributed by atoms with Crippen LogP contribution in [0.15, 0.2) is 0 Å². The summed E-state index contributed by atoms with van der Waals surface area (Å²) in [7, 11) is 0. The molecule has 1 aliphatic rings. The van der Waals surface area contributed by atoms with Gasteiger partial charge >= 0.3 is 5.97 Å². The quantitative estimate of drug-likeness (QED) is 0.764. The Kier molecular flexibility index (Phi) is 6.93. The summed E-state index contributed by atoms with van der Waals surface area (Å²) in [5.41, 5.74) is 5.59. The highest BCUT2D eigenvalue weighted by Gasteiger charge is 2.24. The Morgan fingerprint density at radius 2 is 1.93 bits per heavy atom. The van der Waals surface area contributed by atoms with Crippen LogP contribution in [0.25, 0.3) is 0 Å². The average Bonchev–Trinajstić information content (AvgIpc) is 2.15. The van der Waals surface area contributed by atoms with Crippen LogP contribution in [0.3, 0.4) is 0 Å². The van der Waals surface area contributed by atoms with E-state index in [1.165, 1.54) is 32.1 Å². The van der Waals surface area contributed by atoms with Crippen LogP contribution in [0.5, 0.6) is 0 Å². The van der Waals surface area contributed by atoms with Crippen LogP contribution in [0, 0.1) is 11.8 Å². The summed E-state index contributed by atoms with van der Waals surface area (Å²) >= 11 is 0. The molecule has 1 aliphatic carbocycles. The van der Waals surface area contributed by atoms with Crippen molar-refractivity contribution in [2.75, 3.05) is 6.54 Å². The van der Waals surface area contributed by atoms with Gasteiger partial charge in [-0.15, -0.1) is 12.4 Å². The number of aliphatic carboxylic acids is 1. The van der Waals surface area contributed by atoms with Crippen LogP contribution in [0.2, 0.25) is 0 Å². The fourth-order valence-electron chi connectivity index (χ4n) is 2.27. The maximum Gasteiger partial charge on any atom is 0.303 e. The van der Waals surface area contributed by atoms with Crippen molar-refractivity contribution in [1.82, 2.24) is 0 Å². The van der Waals surface area contributed by atoms with Crippen molar-refractivity contribution in [1.29, 1.82) is 0 Å². The molecular weight excluding hydrogens is 202 g/mol. The molecule has 0 aromatic heterocycles. The lowest BCUT2D eigenvalue weighted by Crippen LogP contribution is -2.27. The summed E-state index contributed by atoms with van der Waals surface area (Å²) in [6.45, 7) is 0.525. The third-order valence-corrected chi connectivity index (χ3v) is 3.06. The Balaban J connectivity index is 0.00000169. The highest BCUT2D eigenvalue weighted by Crippen LogP contribution is 2.31. The normalized spacial score (nSPS) is 19.8. The first-order valence-electron chi connectivity index (χ1n) is 5.16. The van der Waals surface area contributed by atoms with Crippen molar-refractivity contribution in [3.05, 3.63) is 0 Å². The average molecular weight is 222 g/mol. The minimum Gasteiger partial charge on any atom is -0.481 e. The number of hydrogen-bond donors (Lipinski definition) is 2. The molecule has 0 heterocycles. The molecule has 1 rings (SSSR count). The van der Waals surface area contributed by atoms with Crippen LogP contribution in [0.1, 0.15) is 38.5 Å². The third kappa shape index (κ3) is 4.29. The predicted molar refractivity (Wildman–Crippen MR) is 58.6 cm³/mol. The number of halogens is 1. The number of hydrogen-bond acceptors (Lipinski definition) is 2. The second kappa shape index (κ2) is 7.07. The molecule has 1 saturated carbocycles. The van der Waals surface area contributed by atoms with E-state index in [1.807, 2.05) is 0 Å². The maximum atomic E-state index is 10.6. The lowest BCUT2D eigenvalue weighted by molar-refractivity contribution is -0.138. The van der Waals surface area contributed by atoms with Gasteiger partial charge in [0, 0.05) is 6.42 Å². The minimum atomic E-state index is -0.707. The molecule has 0 saturated heterocycles. The first kappa shape index (κ1) is 13.7. The van der Waals surface area contributed by atoms with Crippen LogP contribution >= 0.6 is 12.4 Å². The van der Waals surface area contributed by atoms with Gasteiger partial charge in [0.25, 0.3) is 0 Å². The molecule has 0 bridgehead atoms. The Labute approximate surface area is 91.5 Å². The van der Waals surface area contributed by atoms with E-state index in [-0.39, 0.29) is 24.7 Å². The smallest absolute Gasteiger partial charge is 0.303 e. The predicted octanol–water partition coefficient (Wildman–Crippen LogP) is 2.04. The molecule has 0 amide bonds. The zero-order valence-corrected chi connectivity index (χ0v) is 9.26. The second-order valence-electron chi connectivity index (χ2n) is 3.99. The van der Waals surface area contributed by atoms with E-state index in [2.05, 4.69) is 0 Å². The van der Waals surface area contributed by atoms with Gasteiger partial charge in [-0.1, -0.05) is 32.1 Å². The SMILES string of the molecule is Cl.NCC(CC(=O)O)C1CCCCC1. The maximum absolute atomic E-state index is 10.6. The molecule has 1 atom stereocenters. The number of carboxylic acids is 1. The van der Waals surface area contributed by atoms with Gasteiger partial charge in [0.05, 0.1) is 0 Å². The first-order valence-corrected chi connectivity index (χ1v) is 5.16. The molecule has 4 heteroatoms. The van der Waals surface area contributed by atoms with E-state index >= 15 is 0 Å². The Hall–Kier alpha value is -0.280. The molecule has 1 fully saturated rings. The Bertz CT molecular complexity index is 170. The van der Waals surface area contributed by atoms with Gasteiger partial charge in [-0.2, -0.15) is 0 Å². The third-order valence-electron chi connectivity index (χ3n) is 3.06. The molecule has 1 unspecified atom stereocenters. The van der Waals surface area contributed by atoms with Gasteiger partial charge < -0.3 is 10.8 Å². The number of rotatable bonds is 4. The van der Waals surface area contributed by atoms with Crippen molar-refractivity contribution < 1.29 is 9.90 Å². The molecule has 3 N–H and O–H groups in total. The summed E-state index contributed by atoms with van der Waals surface area (Å²) < 4.78 is 0. The summed E-state index contributed by atoms with van der Waals surface area (Å²) in [5, 5.41) is 8.69. The van der Waals surface area contributed by atoms with E-state index in [1.54, 1.807) is 0 Å². The molecule has 0 radical (unpaired) electrons. The van der Waals surface area contributed by atoms with Crippen molar-refractivity contribution in [3.8, 4) is 0 Å². The molecule has 14 heavy (non-hydrogen) atoms. The standard InChI is InChI=1S/C10H19NO2.ClH/c11-7-9(6-10(12)13)8-4-2-1-3-5-8;/h8-9H,1-7,11H2,(H,12,13);1H. The molecule has 3 nitrogen and oxygen atoms in total. The van der Waals surface area contributed by atoms with Crippen molar-refractivity contribution in [2.45, 2.75) is 38.5 Å². The number of nitrogens with two attached hydrogens (primary N) is 1. The van der Waals surface area contributed by atoms with Gasteiger partial charge in [0.15, 0.2) is 0 Å². The molecule has 0 aromatic rings. The van der Waals surface area contributed by atoms with E-state index < -0.39 is 5.97 Å². The van der Waals surface area contributed by atoms with Gasteiger partial charge in [0.2, 0.25) is 0 Å². The molecular formula is C10H20ClNO2. The topological polar surface area (TPSA) is 63.3 Å². The molecule has 84 valence electrons. The van der Waals surface area contributed by atoms with Crippen molar-refractivity contribution in [2.24, 2.45) is 17.6 Å². The van der Waals surface area contributed by atoms with Crippen LogP contribution in [0.4, 0.5) is 0 Å². The zero-order valence-electron chi connectivity index (χ0n) is 8.45. The van der Waals surface area contributed by atoms with Crippen molar-refractivity contribution >= 4 is 18.4 Å². The van der Waals surface area contributed by atoms with Crippen LogP contribution in [-0.2, 0) is 4.79 Å². The Morgan fingerprint density at radius 1 is 1.36 bits per heavy atom. The molecule has 0 spiro atoms. The van der Waals surface area contributed by atoms with Gasteiger partial charge in [-0.05, 0) is 18.4 Å². The first-order chi connectivity index (χ1) is 6.24. The second-order valence-corrected chi connectivity index (χ2v) is 3.99. The van der Waals surface area contributed by atoms with Crippen molar-refractivity contribution in [3.63, 3.8) is 0 Å². The monoisotopic (exact) mass is 221 g/mol. The van der Waals surface area contributed by atoms with Gasteiger partial charge in [-0.25, -0.2) is 0 Å². The zero-order chi connectivity index (χ0) is 9.68. The van der Waals surface area contributed by atoms with E-state index in [0.29, 0.717) is 12.5 Å². The highest BCUT2D eigenvalue weighted by molar-refractivity contribution is 5.85. The lowest BCUT2D eigenvalue weighted by Gasteiger charge is -2.28. The number of carbonyl (C=O) groups is 1. The fourth-order valence-corrected chi connectivity index (χ4v) is 2.27. The summed E-state index contributed by atoms with van der Waals surface area (Å²) in [6.07, 6.45) is 6.41. The van der Waals surface area contributed by atoms with E-state index in [4.69, 9.17) is 10.8 Å². The van der Waals surface area contributed by atoms with Gasteiger partial charge in [-0.3, -0.25) is 4.79 Å². The van der Waals surface area contributed by atoms with Gasteiger partial charge in [0.1, 0.15) is 0 Å². The fraction of sp³-hybridized carbons (Fsp3) is 0.900. The molecule has 0 aliphatic heterocycles. The van der Waals surface area contributed by atoms with Crippen LogP contribution in [-0.4, -0.2) is 17.6 Å². The summed E-state index contributed by atoms with van der Waals surface area (Å²) in [5.74, 6) is 0.0636. The summed E-state index contributed by atoms with van der Waals surface area (Å²) in [6, 6.07) is 0. The highest BCUT2D eigenvalue weighted by atomic mass is 35.5. The lowest BCUT2D eigenvalue weighted by atomic mass is 9.78. The Morgan fingerprint density at radius 3 is 2.36 bits per heavy atom. The van der Waals surface area contributed by atoms with Crippen LogP contribution < -0.4 is 5.73 Å². The van der Waals surface area contributed by atoms with E-state index in [0.717, 1.165) is 0 Å². The number of carboxylic acid groups (broad SMARTS) is 1. The summed E-state index contributed by atoms with van der Waals surface area (Å²) in [4.78, 5) is 10.6. The molecule has 0 aromatic carbocycles.